The molecule has 11 heavy (non-hydrogen) atoms. The fourth-order valence-corrected chi connectivity index (χ4v) is 1.08. The zero-order valence-electron chi connectivity index (χ0n) is 7.22. The van der Waals surface area contributed by atoms with Crippen LogP contribution in [0, 0.1) is 0 Å². The van der Waals surface area contributed by atoms with E-state index in [1.54, 1.807) is 0 Å². The Balaban J connectivity index is 2.36. The van der Waals surface area contributed by atoms with Crippen molar-refractivity contribution in [1.82, 2.24) is 10.3 Å². The molecule has 1 aromatic rings. The van der Waals surface area contributed by atoms with Gasteiger partial charge in [-0.2, -0.15) is 0 Å². The molecule has 0 spiro atoms. The van der Waals surface area contributed by atoms with E-state index < -0.39 is 0 Å². The molecule has 0 aromatic carbocycles. The molecule has 0 bridgehead atoms. The lowest BCUT2D eigenvalue weighted by Gasteiger charge is -2.10. The van der Waals surface area contributed by atoms with Gasteiger partial charge in [-0.3, -0.25) is 0 Å². The van der Waals surface area contributed by atoms with E-state index >= 15 is 0 Å². The fourth-order valence-electron chi connectivity index (χ4n) is 1.08. The Bertz CT molecular complexity index is 179. The molecular weight excluding hydrogens is 136 g/mol. The van der Waals surface area contributed by atoms with Gasteiger partial charge in [0, 0.05) is 18.4 Å². The van der Waals surface area contributed by atoms with Crippen LogP contribution in [0.2, 0.25) is 0 Å². The normalized spacial score (nSPS) is 13.3. The van der Waals surface area contributed by atoms with Crippen LogP contribution in [0.15, 0.2) is 18.5 Å². The van der Waals surface area contributed by atoms with Crippen LogP contribution in [-0.4, -0.2) is 11.5 Å². The van der Waals surface area contributed by atoms with Crippen molar-refractivity contribution in [1.29, 1.82) is 0 Å². The Labute approximate surface area is 68.0 Å². The van der Waals surface area contributed by atoms with E-state index in [9.17, 15) is 0 Å². The lowest BCUT2D eigenvalue weighted by Crippen LogP contribution is -2.18. The van der Waals surface area contributed by atoms with Crippen molar-refractivity contribution in [3.63, 3.8) is 0 Å². The summed E-state index contributed by atoms with van der Waals surface area (Å²) in [6, 6.07) is 2.58. The molecule has 62 valence electrons. The smallest absolute Gasteiger partial charge is 0.0306 e. The standard InChI is InChI=1S/C9H16N2/c1-3-5-11-8(2)9-4-6-10-7-9/h4,6-8,10-11H,3,5H2,1-2H3. The molecule has 0 aliphatic carbocycles. The quantitative estimate of drug-likeness (QED) is 0.679. The molecule has 0 aliphatic heterocycles. The Kier molecular flexibility index (Phi) is 3.17. The number of aromatic amines is 1. The molecule has 0 aliphatic rings. The van der Waals surface area contributed by atoms with Crippen molar-refractivity contribution in [3.8, 4) is 0 Å². The van der Waals surface area contributed by atoms with Crippen LogP contribution in [0.3, 0.4) is 0 Å². The molecule has 2 N–H and O–H groups in total. The van der Waals surface area contributed by atoms with E-state index in [0.717, 1.165) is 6.54 Å². The van der Waals surface area contributed by atoms with Gasteiger partial charge in [0.1, 0.15) is 0 Å². The minimum atomic E-state index is 0.473. The Hall–Kier alpha value is -0.760. The molecule has 0 saturated carbocycles. The van der Waals surface area contributed by atoms with E-state index in [2.05, 4.69) is 30.2 Å². The molecule has 2 nitrogen and oxygen atoms in total. The molecule has 0 radical (unpaired) electrons. The predicted octanol–water partition coefficient (Wildman–Crippen LogP) is 2.08. The summed E-state index contributed by atoms with van der Waals surface area (Å²) < 4.78 is 0. The first kappa shape index (κ1) is 8.34. The van der Waals surface area contributed by atoms with Crippen LogP contribution in [0.5, 0.6) is 0 Å². The number of aromatic nitrogens is 1. The maximum atomic E-state index is 3.41. The van der Waals surface area contributed by atoms with Gasteiger partial charge in [-0.25, -0.2) is 0 Å². The first-order valence-corrected chi connectivity index (χ1v) is 4.20. The first-order chi connectivity index (χ1) is 5.34. The van der Waals surface area contributed by atoms with Crippen molar-refractivity contribution in [2.24, 2.45) is 0 Å². The highest BCUT2D eigenvalue weighted by atomic mass is 14.9. The lowest BCUT2D eigenvalue weighted by atomic mass is 10.2. The summed E-state index contributed by atoms with van der Waals surface area (Å²) in [4.78, 5) is 3.05. The fraction of sp³-hybridized carbons (Fsp3) is 0.556. The first-order valence-electron chi connectivity index (χ1n) is 4.20. The molecule has 1 aromatic heterocycles. The molecule has 1 unspecified atom stereocenters. The monoisotopic (exact) mass is 152 g/mol. The second kappa shape index (κ2) is 4.19. The molecule has 2 heteroatoms. The summed E-state index contributed by atoms with van der Waals surface area (Å²) in [5, 5.41) is 3.41. The highest BCUT2D eigenvalue weighted by Gasteiger charge is 2.01. The van der Waals surface area contributed by atoms with Crippen molar-refractivity contribution in [2.75, 3.05) is 6.54 Å². The van der Waals surface area contributed by atoms with Crippen LogP contribution in [-0.2, 0) is 0 Å². The molecule has 0 saturated heterocycles. The summed E-state index contributed by atoms with van der Waals surface area (Å²) in [6.45, 7) is 5.45. The molecule has 1 atom stereocenters. The maximum absolute atomic E-state index is 3.41. The van der Waals surface area contributed by atoms with E-state index in [1.807, 2.05) is 12.4 Å². The highest BCUT2D eigenvalue weighted by Crippen LogP contribution is 2.09. The SMILES string of the molecule is CCCNC(C)c1cc[nH]c1. The van der Waals surface area contributed by atoms with Gasteiger partial charge in [0.25, 0.3) is 0 Å². The second-order valence-corrected chi connectivity index (χ2v) is 2.82. The number of H-pyrrole nitrogens is 1. The maximum Gasteiger partial charge on any atom is 0.0306 e. The van der Waals surface area contributed by atoms with Gasteiger partial charge in [0.05, 0.1) is 0 Å². The van der Waals surface area contributed by atoms with E-state index in [4.69, 9.17) is 0 Å². The average molecular weight is 152 g/mol. The minimum Gasteiger partial charge on any atom is -0.367 e. The number of hydrogen-bond acceptors (Lipinski definition) is 1. The second-order valence-electron chi connectivity index (χ2n) is 2.82. The van der Waals surface area contributed by atoms with Gasteiger partial charge in [-0.05, 0) is 31.5 Å². The predicted molar refractivity (Wildman–Crippen MR) is 47.5 cm³/mol. The van der Waals surface area contributed by atoms with Crippen molar-refractivity contribution >= 4 is 0 Å². The topological polar surface area (TPSA) is 27.8 Å². The molecule has 1 heterocycles. The summed E-state index contributed by atoms with van der Waals surface area (Å²) in [5.74, 6) is 0. The third-order valence-electron chi connectivity index (χ3n) is 1.82. The zero-order chi connectivity index (χ0) is 8.10. The van der Waals surface area contributed by atoms with E-state index in [0.29, 0.717) is 6.04 Å². The van der Waals surface area contributed by atoms with Gasteiger partial charge in [0.15, 0.2) is 0 Å². The summed E-state index contributed by atoms with van der Waals surface area (Å²) in [5.41, 5.74) is 1.33. The average Bonchev–Trinajstić information content (AvgIpc) is 2.52. The van der Waals surface area contributed by atoms with Crippen molar-refractivity contribution in [2.45, 2.75) is 26.3 Å². The van der Waals surface area contributed by atoms with Gasteiger partial charge in [-0.1, -0.05) is 6.92 Å². The summed E-state index contributed by atoms with van der Waals surface area (Å²) in [7, 11) is 0. The van der Waals surface area contributed by atoms with Crippen LogP contribution in [0.1, 0.15) is 31.9 Å². The van der Waals surface area contributed by atoms with Crippen molar-refractivity contribution < 1.29 is 0 Å². The van der Waals surface area contributed by atoms with Crippen LogP contribution >= 0.6 is 0 Å². The molecule has 1 rings (SSSR count). The van der Waals surface area contributed by atoms with Gasteiger partial charge in [-0.15, -0.1) is 0 Å². The number of rotatable bonds is 4. The van der Waals surface area contributed by atoms with Crippen LogP contribution < -0.4 is 5.32 Å². The third kappa shape index (κ3) is 2.39. The number of nitrogens with one attached hydrogen (secondary N) is 2. The Morgan fingerprint density at radius 2 is 2.45 bits per heavy atom. The van der Waals surface area contributed by atoms with E-state index in [-0.39, 0.29) is 0 Å². The third-order valence-corrected chi connectivity index (χ3v) is 1.82. The highest BCUT2D eigenvalue weighted by molar-refractivity contribution is 5.12. The van der Waals surface area contributed by atoms with Crippen LogP contribution in [0.25, 0.3) is 0 Å². The molecule has 0 fully saturated rings. The zero-order valence-corrected chi connectivity index (χ0v) is 7.22. The van der Waals surface area contributed by atoms with Gasteiger partial charge < -0.3 is 10.3 Å². The largest absolute Gasteiger partial charge is 0.367 e. The minimum absolute atomic E-state index is 0.473. The van der Waals surface area contributed by atoms with Gasteiger partial charge >= 0.3 is 0 Å². The lowest BCUT2D eigenvalue weighted by molar-refractivity contribution is 0.571. The van der Waals surface area contributed by atoms with Crippen molar-refractivity contribution in [3.05, 3.63) is 24.0 Å². The summed E-state index contributed by atoms with van der Waals surface area (Å²) in [6.07, 6.45) is 5.18. The van der Waals surface area contributed by atoms with Crippen LogP contribution in [0.4, 0.5) is 0 Å². The van der Waals surface area contributed by atoms with E-state index in [1.165, 1.54) is 12.0 Å². The Morgan fingerprint density at radius 1 is 1.64 bits per heavy atom. The Morgan fingerprint density at radius 3 is 3.00 bits per heavy atom. The molecular formula is C9H16N2. The molecule has 0 amide bonds. The summed E-state index contributed by atoms with van der Waals surface area (Å²) >= 11 is 0. The number of hydrogen-bond donors (Lipinski definition) is 2. The van der Waals surface area contributed by atoms with Gasteiger partial charge in [0.2, 0.25) is 0 Å².